The molecule has 2 rings (SSSR count). The first-order valence-corrected chi connectivity index (χ1v) is 6.33. The monoisotopic (exact) mass is 318 g/mol. The number of guanidine groups is 1. The Hall–Kier alpha value is -1.89. The van der Waals surface area contributed by atoms with Crippen LogP contribution in [0.25, 0.3) is 0 Å². The number of nitrogens with zero attached hydrogens (tertiary/aromatic N) is 1. The predicted molar refractivity (Wildman–Crippen MR) is 79.8 cm³/mol. The van der Waals surface area contributed by atoms with Gasteiger partial charge in [0.1, 0.15) is 11.6 Å². The van der Waals surface area contributed by atoms with E-state index in [-0.39, 0.29) is 24.1 Å². The van der Waals surface area contributed by atoms with Gasteiger partial charge in [0, 0.05) is 19.7 Å². The molecule has 1 aromatic carbocycles. The van der Waals surface area contributed by atoms with Crippen LogP contribution in [0.5, 0.6) is 0 Å². The summed E-state index contributed by atoms with van der Waals surface area (Å²) in [4.78, 5) is 15.5. The van der Waals surface area contributed by atoms with Crippen molar-refractivity contribution >= 4 is 30.1 Å². The first-order valence-electron chi connectivity index (χ1n) is 6.33. The topological polar surface area (TPSA) is 65.5 Å². The molecule has 0 spiro atoms. The molecular weight excluding hydrogens is 302 g/mol. The fraction of sp³-hybridized carbons (Fsp3) is 0.385. The molecule has 5 nitrogen and oxygen atoms in total. The van der Waals surface area contributed by atoms with Crippen LogP contribution in [0.15, 0.2) is 23.2 Å². The Morgan fingerprint density at radius 2 is 2.10 bits per heavy atom. The minimum Gasteiger partial charge on any atom is -0.341 e. The van der Waals surface area contributed by atoms with Crippen molar-refractivity contribution in [3.8, 4) is 0 Å². The zero-order chi connectivity index (χ0) is 14.5. The van der Waals surface area contributed by atoms with Crippen molar-refractivity contribution in [2.75, 3.05) is 18.9 Å². The highest BCUT2D eigenvalue weighted by Gasteiger charge is 2.21. The van der Waals surface area contributed by atoms with Gasteiger partial charge in [-0.1, -0.05) is 0 Å². The smallest absolute Gasteiger partial charge is 0.321 e. The molecule has 0 atom stereocenters. The van der Waals surface area contributed by atoms with E-state index in [9.17, 15) is 13.6 Å². The first kappa shape index (κ1) is 17.2. The number of halogens is 3. The number of carbonyl (C=O) groups is 1. The lowest BCUT2D eigenvalue weighted by molar-refractivity contribution is 0.247. The molecule has 1 fully saturated rings. The molecule has 116 valence electrons. The molecule has 1 aliphatic rings. The van der Waals surface area contributed by atoms with Crippen molar-refractivity contribution < 1.29 is 13.6 Å². The highest BCUT2D eigenvalue weighted by molar-refractivity contribution is 6.03. The maximum Gasteiger partial charge on any atom is 0.321 e. The van der Waals surface area contributed by atoms with E-state index >= 15 is 0 Å². The lowest BCUT2D eigenvalue weighted by Gasteiger charge is -2.12. The highest BCUT2D eigenvalue weighted by atomic mass is 35.5. The van der Waals surface area contributed by atoms with Crippen LogP contribution in [0, 0.1) is 17.6 Å². The van der Waals surface area contributed by atoms with Gasteiger partial charge in [-0.15, -0.1) is 12.4 Å². The van der Waals surface area contributed by atoms with Crippen LogP contribution in [0.3, 0.4) is 0 Å². The Morgan fingerprint density at radius 3 is 2.71 bits per heavy atom. The van der Waals surface area contributed by atoms with Gasteiger partial charge in [-0.2, -0.15) is 0 Å². The molecule has 0 aliphatic heterocycles. The van der Waals surface area contributed by atoms with Crippen LogP contribution in [0.4, 0.5) is 19.3 Å². The molecule has 3 N–H and O–H groups in total. The van der Waals surface area contributed by atoms with Crippen LogP contribution in [-0.4, -0.2) is 25.6 Å². The van der Waals surface area contributed by atoms with Gasteiger partial charge in [0.2, 0.25) is 5.96 Å². The Morgan fingerprint density at radius 1 is 1.38 bits per heavy atom. The number of rotatable bonds is 3. The summed E-state index contributed by atoms with van der Waals surface area (Å²) in [7, 11) is 1.45. The first-order chi connectivity index (χ1) is 9.58. The van der Waals surface area contributed by atoms with Gasteiger partial charge >= 0.3 is 6.03 Å². The zero-order valence-corrected chi connectivity index (χ0v) is 12.3. The van der Waals surface area contributed by atoms with Gasteiger partial charge in [0.15, 0.2) is 0 Å². The van der Waals surface area contributed by atoms with Crippen LogP contribution in [-0.2, 0) is 0 Å². The van der Waals surface area contributed by atoms with E-state index in [0.717, 1.165) is 31.0 Å². The number of urea groups is 1. The van der Waals surface area contributed by atoms with Crippen molar-refractivity contribution in [1.82, 2.24) is 10.6 Å². The Balaban J connectivity index is 0.00000220. The SMILES string of the molecule is CNC(=O)NC(=NCC1CC1)Nc1cc(F)ccc1F.Cl. The number of amides is 2. The van der Waals surface area contributed by atoms with Gasteiger partial charge in [0.05, 0.1) is 5.69 Å². The second-order valence-corrected chi connectivity index (χ2v) is 4.59. The van der Waals surface area contributed by atoms with Crippen molar-refractivity contribution in [2.24, 2.45) is 10.9 Å². The summed E-state index contributed by atoms with van der Waals surface area (Å²) in [5, 5.41) is 7.42. The highest BCUT2D eigenvalue weighted by Crippen LogP contribution is 2.28. The number of anilines is 1. The quantitative estimate of drug-likeness (QED) is 0.592. The molecule has 0 radical (unpaired) electrons. The number of aliphatic imine (C=N–C) groups is 1. The third-order valence-corrected chi connectivity index (χ3v) is 2.84. The molecule has 0 bridgehead atoms. The number of carbonyl (C=O) groups excluding carboxylic acids is 1. The van der Waals surface area contributed by atoms with Crippen molar-refractivity contribution in [2.45, 2.75) is 12.8 Å². The van der Waals surface area contributed by atoms with Crippen molar-refractivity contribution in [3.05, 3.63) is 29.8 Å². The molecule has 0 saturated heterocycles. The molecule has 2 amide bonds. The molecule has 1 aromatic rings. The Kier molecular flexibility index (Phi) is 6.36. The van der Waals surface area contributed by atoms with Crippen LogP contribution in [0.1, 0.15) is 12.8 Å². The summed E-state index contributed by atoms with van der Waals surface area (Å²) in [5.74, 6) is -0.587. The summed E-state index contributed by atoms with van der Waals surface area (Å²) in [5.41, 5.74) is -0.0732. The lowest BCUT2D eigenvalue weighted by atomic mass is 10.3. The zero-order valence-electron chi connectivity index (χ0n) is 11.5. The number of benzene rings is 1. The van der Waals surface area contributed by atoms with E-state index in [1.807, 2.05) is 0 Å². The van der Waals surface area contributed by atoms with Crippen molar-refractivity contribution in [1.29, 1.82) is 0 Å². The summed E-state index contributed by atoms with van der Waals surface area (Å²) < 4.78 is 26.7. The van der Waals surface area contributed by atoms with E-state index < -0.39 is 17.7 Å². The van der Waals surface area contributed by atoms with E-state index in [1.54, 1.807) is 0 Å². The second-order valence-electron chi connectivity index (χ2n) is 4.59. The maximum absolute atomic E-state index is 13.5. The Labute approximate surface area is 127 Å². The van der Waals surface area contributed by atoms with Gasteiger partial charge in [-0.25, -0.2) is 13.6 Å². The fourth-order valence-corrected chi connectivity index (χ4v) is 1.52. The molecule has 1 aliphatic carbocycles. The van der Waals surface area contributed by atoms with E-state index in [4.69, 9.17) is 0 Å². The molecular formula is C13H17ClF2N4O. The molecule has 1 saturated carbocycles. The standard InChI is InChI=1S/C13H16F2N4O.ClH/c1-16-13(20)19-12(17-7-8-2-3-8)18-11-6-9(14)4-5-10(11)15;/h4-6,8H,2-3,7H2,1H3,(H3,16,17,18,19,20);1H. The summed E-state index contributed by atoms with van der Waals surface area (Å²) in [6.45, 7) is 0.545. The van der Waals surface area contributed by atoms with E-state index in [2.05, 4.69) is 20.9 Å². The molecule has 0 heterocycles. The van der Waals surface area contributed by atoms with Gasteiger partial charge < -0.3 is 10.6 Å². The molecule has 8 heteroatoms. The Bertz CT molecular complexity index is 535. The number of hydrogen-bond donors (Lipinski definition) is 3. The number of nitrogens with one attached hydrogen (secondary N) is 3. The van der Waals surface area contributed by atoms with Crippen LogP contribution < -0.4 is 16.0 Å². The lowest BCUT2D eigenvalue weighted by Crippen LogP contribution is -2.41. The minimum atomic E-state index is -0.621. The van der Waals surface area contributed by atoms with Crippen LogP contribution in [0.2, 0.25) is 0 Å². The molecule has 21 heavy (non-hydrogen) atoms. The van der Waals surface area contributed by atoms with Gasteiger partial charge in [-0.3, -0.25) is 10.3 Å². The maximum atomic E-state index is 13.5. The summed E-state index contributed by atoms with van der Waals surface area (Å²) in [6, 6.07) is 2.56. The predicted octanol–water partition coefficient (Wildman–Crippen LogP) is 2.49. The summed E-state index contributed by atoms with van der Waals surface area (Å²) in [6.07, 6.45) is 2.20. The second kappa shape index (κ2) is 7.78. The van der Waals surface area contributed by atoms with E-state index in [0.29, 0.717) is 12.5 Å². The van der Waals surface area contributed by atoms with Gasteiger partial charge in [0.25, 0.3) is 0 Å². The number of hydrogen-bond acceptors (Lipinski definition) is 2. The van der Waals surface area contributed by atoms with Crippen molar-refractivity contribution in [3.63, 3.8) is 0 Å². The largest absolute Gasteiger partial charge is 0.341 e. The third kappa shape index (κ3) is 5.55. The van der Waals surface area contributed by atoms with Gasteiger partial charge in [-0.05, 0) is 30.9 Å². The normalized spacial score (nSPS) is 14.1. The average Bonchev–Trinajstić information content (AvgIpc) is 3.24. The summed E-state index contributed by atoms with van der Waals surface area (Å²) >= 11 is 0. The van der Waals surface area contributed by atoms with E-state index in [1.165, 1.54) is 7.05 Å². The molecule has 0 aromatic heterocycles. The fourth-order valence-electron chi connectivity index (χ4n) is 1.52. The minimum absolute atomic E-state index is 0. The molecule has 0 unspecified atom stereocenters. The average molecular weight is 319 g/mol. The van der Waals surface area contributed by atoms with Crippen LogP contribution >= 0.6 is 12.4 Å². The third-order valence-electron chi connectivity index (χ3n) is 2.84.